The van der Waals surface area contributed by atoms with Crippen LogP contribution < -0.4 is 10.1 Å². The van der Waals surface area contributed by atoms with Crippen LogP contribution in [0.3, 0.4) is 0 Å². The Bertz CT molecular complexity index is 619. The second-order valence-corrected chi connectivity index (χ2v) is 5.48. The van der Waals surface area contributed by atoms with Crippen molar-refractivity contribution in [1.82, 2.24) is 5.32 Å². The average molecular weight is 303 g/mol. The highest BCUT2D eigenvalue weighted by Crippen LogP contribution is 2.22. The highest BCUT2D eigenvalue weighted by molar-refractivity contribution is 5.80. The summed E-state index contributed by atoms with van der Waals surface area (Å²) in [6, 6.07) is 12.6. The number of furan rings is 1. The number of amides is 1. The molecule has 2 rings (SSSR count). The van der Waals surface area contributed by atoms with Crippen LogP contribution in [-0.2, 0) is 10.4 Å². The lowest BCUT2D eigenvalue weighted by atomic mass is 10.0. The fraction of sp³-hybridized carbons (Fsp3) is 0.353. The Morgan fingerprint density at radius 2 is 2.00 bits per heavy atom. The Labute approximate surface area is 129 Å². The number of ether oxygens (including phenoxy) is 1. The summed E-state index contributed by atoms with van der Waals surface area (Å²) in [6.07, 6.45) is -0.656. The van der Waals surface area contributed by atoms with E-state index in [1.807, 2.05) is 18.2 Å². The van der Waals surface area contributed by atoms with E-state index < -0.39 is 11.7 Å². The number of hydrogen-bond acceptors (Lipinski definition) is 4. The van der Waals surface area contributed by atoms with Crippen molar-refractivity contribution < 1.29 is 19.1 Å². The molecular formula is C17H21NO4. The van der Waals surface area contributed by atoms with Crippen LogP contribution in [0.25, 0.3) is 0 Å². The van der Waals surface area contributed by atoms with Gasteiger partial charge in [0.1, 0.15) is 22.9 Å². The van der Waals surface area contributed by atoms with Gasteiger partial charge in [0.2, 0.25) is 0 Å². The second-order valence-electron chi connectivity index (χ2n) is 5.48. The minimum absolute atomic E-state index is 0.0429. The van der Waals surface area contributed by atoms with Gasteiger partial charge in [0, 0.05) is 0 Å². The fourth-order valence-corrected chi connectivity index (χ4v) is 1.97. The van der Waals surface area contributed by atoms with Crippen LogP contribution in [0.4, 0.5) is 0 Å². The third kappa shape index (κ3) is 4.11. The number of rotatable bonds is 6. The molecule has 22 heavy (non-hydrogen) atoms. The number of aliphatic hydroxyl groups is 1. The van der Waals surface area contributed by atoms with Crippen LogP contribution in [0.1, 0.15) is 25.4 Å². The minimum Gasteiger partial charge on any atom is -0.481 e. The number of carbonyl (C=O) groups excluding carboxylic acids is 1. The molecule has 0 aliphatic rings. The fourth-order valence-electron chi connectivity index (χ4n) is 1.97. The van der Waals surface area contributed by atoms with Gasteiger partial charge in [-0.25, -0.2) is 0 Å². The SMILES string of the molecule is Cc1ccc(C(C)(O)CNC(=O)C(C)Oc2ccccc2)o1. The molecule has 1 aromatic carbocycles. The third-order valence-corrected chi connectivity index (χ3v) is 3.30. The first kappa shape index (κ1) is 16.1. The molecular weight excluding hydrogens is 282 g/mol. The van der Waals surface area contributed by atoms with Crippen LogP contribution in [0, 0.1) is 6.92 Å². The van der Waals surface area contributed by atoms with Gasteiger partial charge in [-0.3, -0.25) is 4.79 Å². The van der Waals surface area contributed by atoms with E-state index in [0.29, 0.717) is 17.3 Å². The van der Waals surface area contributed by atoms with Gasteiger partial charge in [0.25, 0.3) is 5.91 Å². The first-order valence-electron chi connectivity index (χ1n) is 7.17. The molecule has 0 bridgehead atoms. The predicted molar refractivity (Wildman–Crippen MR) is 82.6 cm³/mol. The molecule has 0 aliphatic heterocycles. The van der Waals surface area contributed by atoms with Gasteiger partial charge in [-0.2, -0.15) is 0 Å². The van der Waals surface area contributed by atoms with E-state index in [4.69, 9.17) is 9.15 Å². The lowest BCUT2D eigenvalue weighted by Gasteiger charge is -2.22. The van der Waals surface area contributed by atoms with E-state index in [-0.39, 0.29) is 12.5 Å². The zero-order valence-electron chi connectivity index (χ0n) is 13.0. The lowest BCUT2D eigenvalue weighted by Crippen LogP contribution is -2.43. The highest BCUT2D eigenvalue weighted by Gasteiger charge is 2.28. The molecule has 118 valence electrons. The van der Waals surface area contributed by atoms with Crippen LogP contribution in [0.5, 0.6) is 5.75 Å². The highest BCUT2D eigenvalue weighted by atomic mass is 16.5. The molecule has 0 radical (unpaired) electrons. The Morgan fingerprint density at radius 1 is 1.32 bits per heavy atom. The topological polar surface area (TPSA) is 71.7 Å². The average Bonchev–Trinajstić information content (AvgIpc) is 2.93. The van der Waals surface area contributed by atoms with Gasteiger partial charge in [-0.1, -0.05) is 18.2 Å². The molecule has 5 heteroatoms. The van der Waals surface area contributed by atoms with Gasteiger partial charge >= 0.3 is 0 Å². The Balaban J connectivity index is 1.89. The molecule has 2 aromatic rings. The molecule has 1 aromatic heterocycles. The zero-order chi connectivity index (χ0) is 16.2. The molecule has 2 atom stereocenters. The van der Waals surface area contributed by atoms with Crippen molar-refractivity contribution in [3.8, 4) is 5.75 Å². The summed E-state index contributed by atoms with van der Waals surface area (Å²) in [7, 11) is 0. The van der Waals surface area contributed by atoms with Crippen LogP contribution >= 0.6 is 0 Å². The van der Waals surface area contributed by atoms with E-state index >= 15 is 0 Å². The summed E-state index contributed by atoms with van der Waals surface area (Å²) < 4.78 is 10.9. The Morgan fingerprint density at radius 3 is 2.59 bits per heavy atom. The van der Waals surface area contributed by atoms with Crippen molar-refractivity contribution in [2.75, 3.05) is 6.54 Å². The number of para-hydroxylation sites is 1. The normalized spacial score (nSPS) is 14.9. The number of benzene rings is 1. The third-order valence-electron chi connectivity index (χ3n) is 3.30. The van der Waals surface area contributed by atoms with E-state index in [9.17, 15) is 9.90 Å². The molecule has 0 saturated carbocycles. The quantitative estimate of drug-likeness (QED) is 0.859. The van der Waals surface area contributed by atoms with E-state index in [2.05, 4.69) is 5.32 Å². The molecule has 0 saturated heterocycles. The summed E-state index contributed by atoms with van der Waals surface area (Å²) in [5, 5.41) is 13.0. The number of aryl methyl sites for hydroxylation is 1. The van der Waals surface area contributed by atoms with Crippen molar-refractivity contribution in [1.29, 1.82) is 0 Å². The minimum atomic E-state index is -1.27. The molecule has 1 amide bonds. The van der Waals surface area contributed by atoms with Crippen molar-refractivity contribution in [3.63, 3.8) is 0 Å². The second kappa shape index (κ2) is 6.66. The molecule has 2 N–H and O–H groups in total. The summed E-state index contributed by atoms with van der Waals surface area (Å²) in [5.74, 6) is 1.45. The number of carbonyl (C=O) groups is 1. The summed E-state index contributed by atoms with van der Waals surface area (Å²) in [5.41, 5.74) is -1.27. The van der Waals surface area contributed by atoms with E-state index in [0.717, 1.165) is 0 Å². The van der Waals surface area contributed by atoms with Gasteiger partial charge in [0.05, 0.1) is 6.54 Å². The van der Waals surface area contributed by atoms with Crippen molar-refractivity contribution >= 4 is 5.91 Å². The summed E-state index contributed by atoms with van der Waals surface area (Å²) in [4.78, 5) is 12.1. The summed E-state index contributed by atoms with van der Waals surface area (Å²) >= 11 is 0. The number of nitrogens with one attached hydrogen (secondary N) is 1. The van der Waals surface area contributed by atoms with E-state index in [1.54, 1.807) is 45.0 Å². The lowest BCUT2D eigenvalue weighted by molar-refractivity contribution is -0.128. The molecule has 0 fully saturated rings. The van der Waals surface area contributed by atoms with Gasteiger partial charge < -0.3 is 19.6 Å². The summed E-state index contributed by atoms with van der Waals surface area (Å²) in [6.45, 7) is 5.09. The molecule has 5 nitrogen and oxygen atoms in total. The van der Waals surface area contributed by atoms with E-state index in [1.165, 1.54) is 0 Å². The van der Waals surface area contributed by atoms with Crippen LogP contribution in [0.2, 0.25) is 0 Å². The largest absolute Gasteiger partial charge is 0.481 e. The number of hydrogen-bond donors (Lipinski definition) is 2. The van der Waals surface area contributed by atoms with Crippen molar-refractivity contribution in [3.05, 3.63) is 54.0 Å². The van der Waals surface area contributed by atoms with Crippen molar-refractivity contribution in [2.45, 2.75) is 32.5 Å². The van der Waals surface area contributed by atoms with Gasteiger partial charge in [-0.05, 0) is 45.0 Å². The Hall–Kier alpha value is -2.27. The molecule has 2 unspecified atom stereocenters. The zero-order valence-corrected chi connectivity index (χ0v) is 13.0. The van der Waals surface area contributed by atoms with Gasteiger partial charge in [-0.15, -0.1) is 0 Å². The molecule has 0 aliphatic carbocycles. The first-order valence-corrected chi connectivity index (χ1v) is 7.17. The monoisotopic (exact) mass is 303 g/mol. The van der Waals surface area contributed by atoms with Crippen LogP contribution in [-0.4, -0.2) is 23.7 Å². The maximum absolute atomic E-state index is 12.1. The maximum atomic E-state index is 12.1. The Kier molecular flexibility index (Phi) is 4.88. The smallest absolute Gasteiger partial charge is 0.260 e. The first-order chi connectivity index (χ1) is 10.4. The molecule has 1 heterocycles. The van der Waals surface area contributed by atoms with Crippen LogP contribution in [0.15, 0.2) is 46.9 Å². The standard InChI is InChI=1S/C17H21NO4/c1-12-9-10-15(21-12)17(3,20)11-18-16(19)13(2)22-14-7-5-4-6-8-14/h4-10,13,20H,11H2,1-3H3,(H,18,19). The molecule has 0 spiro atoms. The van der Waals surface area contributed by atoms with Gasteiger partial charge in [0.15, 0.2) is 6.10 Å². The maximum Gasteiger partial charge on any atom is 0.260 e. The predicted octanol–water partition coefficient (Wildman–Crippen LogP) is 2.38. The van der Waals surface area contributed by atoms with Crippen molar-refractivity contribution in [2.24, 2.45) is 0 Å².